The largest absolute Gasteiger partial charge is 0.460 e. The molecule has 6 nitrogen and oxygen atoms in total. The molecular formula is C9H11N3O3. The minimum Gasteiger partial charge on any atom is -0.460 e. The number of carbonyl (C=O) groups is 1. The van der Waals surface area contributed by atoms with Gasteiger partial charge in [-0.05, 0) is 12.1 Å². The molecule has 0 saturated carbocycles. The van der Waals surface area contributed by atoms with Crippen molar-refractivity contribution < 1.29 is 14.1 Å². The third kappa shape index (κ3) is 2.79. The fourth-order valence-corrected chi connectivity index (χ4v) is 0.879. The van der Waals surface area contributed by atoms with E-state index in [0.717, 1.165) is 0 Å². The first-order valence-electron chi connectivity index (χ1n) is 4.38. The van der Waals surface area contributed by atoms with E-state index >= 15 is 0 Å². The Bertz CT molecular complexity index is 380. The van der Waals surface area contributed by atoms with Crippen LogP contribution in [-0.4, -0.2) is 22.7 Å². The van der Waals surface area contributed by atoms with Gasteiger partial charge in [0.15, 0.2) is 0 Å². The average Bonchev–Trinajstić information content (AvgIpc) is 2.67. The Hall–Kier alpha value is -1.87. The molecule has 0 saturated heterocycles. The van der Waals surface area contributed by atoms with Crippen LogP contribution in [0.5, 0.6) is 0 Å². The van der Waals surface area contributed by atoms with E-state index < -0.39 is 12.0 Å². The van der Waals surface area contributed by atoms with E-state index in [0.29, 0.717) is 0 Å². The topological polar surface area (TPSA) is 91.2 Å². The first-order valence-corrected chi connectivity index (χ1v) is 4.38. The number of nitrogens with two attached hydrogens (primary N) is 1. The zero-order valence-electron chi connectivity index (χ0n) is 8.27. The highest BCUT2D eigenvalue weighted by Gasteiger charge is 2.18. The number of aromatic nitrogens is 2. The van der Waals surface area contributed by atoms with E-state index in [-0.39, 0.29) is 24.7 Å². The number of hydrogen-bond donors (Lipinski definition) is 1. The average molecular weight is 209 g/mol. The maximum Gasteiger partial charge on any atom is 0.379 e. The molecule has 0 aliphatic carbocycles. The molecule has 1 rings (SSSR count). The Morgan fingerprint density at radius 3 is 3.13 bits per heavy atom. The predicted octanol–water partition coefficient (Wildman–Crippen LogP) is 0.269. The van der Waals surface area contributed by atoms with Crippen LogP contribution in [0, 0.1) is 12.3 Å². The molecule has 1 aromatic heterocycles. The van der Waals surface area contributed by atoms with Crippen molar-refractivity contribution in [3.63, 3.8) is 0 Å². The Morgan fingerprint density at radius 2 is 2.53 bits per heavy atom. The van der Waals surface area contributed by atoms with Gasteiger partial charge in [-0.2, -0.15) is 4.98 Å². The summed E-state index contributed by atoms with van der Waals surface area (Å²) in [5.74, 6) is 1.72. The lowest BCUT2D eigenvalue weighted by molar-refractivity contribution is 0.0508. The minimum atomic E-state index is -0.639. The van der Waals surface area contributed by atoms with Gasteiger partial charge in [0, 0.05) is 6.42 Å². The molecule has 1 aromatic rings. The van der Waals surface area contributed by atoms with Crippen molar-refractivity contribution >= 4 is 5.97 Å². The zero-order chi connectivity index (χ0) is 11.3. The van der Waals surface area contributed by atoms with E-state index in [1.54, 1.807) is 6.92 Å². The van der Waals surface area contributed by atoms with E-state index in [4.69, 9.17) is 16.7 Å². The Morgan fingerprint density at radius 1 is 1.80 bits per heavy atom. The summed E-state index contributed by atoms with van der Waals surface area (Å²) in [4.78, 5) is 14.9. The quantitative estimate of drug-likeness (QED) is 0.565. The summed E-state index contributed by atoms with van der Waals surface area (Å²) in [6, 6.07) is -0.550. The zero-order valence-corrected chi connectivity index (χ0v) is 8.27. The van der Waals surface area contributed by atoms with Crippen LogP contribution in [0.4, 0.5) is 0 Å². The number of esters is 1. The van der Waals surface area contributed by atoms with Crippen molar-refractivity contribution in [3.8, 4) is 12.3 Å². The van der Waals surface area contributed by atoms with Gasteiger partial charge in [-0.25, -0.2) is 4.79 Å². The highest BCUT2D eigenvalue weighted by Crippen LogP contribution is 2.10. The molecule has 0 fully saturated rings. The first kappa shape index (κ1) is 11.2. The van der Waals surface area contributed by atoms with Crippen LogP contribution in [0.2, 0.25) is 0 Å². The molecule has 0 aliphatic rings. The molecule has 0 aliphatic heterocycles. The van der Waals surface area contributed by atoms with Crippen LogP contribution in [0.1, 0.15) is 35.9 Å². The van der Waals surface area contributed by atoms with Crippen molar-refractivity contribution in [1.29, 1.82) is 0 Å². The van der Waals surface area contributed by atoms with Gasteiger partial charge in [0.1, 0.15) is 0 Å². The van der Waals surface area contributed by atoms with E-state index in [2.05, 4.69) is 20.8 Å². The monoisotopic (exact) mass is 209 g/mol. The lowest BCUT2D eigenvalue weighted by atomic mass is 10.2. The van der Waals surface area contributed by atoms with Crippen molar-refractivity contribution in [2.45, 2.75) is 19.4 Å². The third-order valence-electron chi connectivity index (χ3n) is 1.55. The maximum atomic E-state index is 11.2. The van der Waals surface area contributed by atoms with Gasteiger partial charge in [-0.1, -0.05) is 0 Å². The molecule has 0 amide bonds. The van der Waals surface area contributed by atoms with Crippen LogP contribution in [0.3, 0.4) is 0 Å². The standard InChI is InChI=1S/C9H11N3O3/c1-3-5-6(10)8-11-7(12-15-8)9(13)14-4-2/h1,6H,4-5,10H2,2H3. The van der Waals surface area contributed by atoms with Crippen LogP contribution < -0.4 is 5.73 Å². The second-order valence-corrected chi connectivity index (χ2v) is 2.69. The number of ether oxygens (including phenoxy) is 1. The number of rotatable bonds is 4. The smallest absolute Gasteiger partial charge is 0.379 e. The summed E-state index contributed by atoms with van der Waals surface area (Å²) < 4.78 is 9.44. The van der Waals surface area contributed by atoms with Crippen LogP contribution in [0.25, 0.3) is 0 Å². The molecule has 6 heteroatoms. The molecule has 80 valence electrons. The molecule has 1 unspecified atom stereocenters. The first-order chi connectivity index (χ1) is 7.19. The van der Waals surface area contributed by atoms with Crippen molar-refractivity contribution in [2.24, 2.45) is 5.73 Å². The Labute approximate surface area is 86.8 Å². The molecular weight excluding hydrogens is 198 g/mol. The Kier molecular flexibility index (Phi) is 3.83. The summed E-state index contributed by atoms with van der Waals surface area (Å²) in [6.07, 6.45) is 5.34. The van der Waals surface area contributed by atoms with Gasteiger partial charge < -0.3 is 15.0 Å². The van der Waals surface area contributed by atoms with Crippen molar-refractivity contribution in [2.75, 3.05) is 6.61 Å². The van der Waals surface area contributed by atoms with Gasteiger partial charge in [0.2, 0.25) is 5.89 Å². The van der Waals surface area contributed by atoms with E-state index in [1.807, 2.05) is 0 Å². The third-order valence-corrected chi connectivity index (χ3v) is 1.55. The van der Waals surface area contributed by atoms with Crippen LogP contribution >= 0.6 is 0 Å². The van der Waals surface area contributed by atoms with Gasteiger partial charge in [0.25, 0.3) is 5.82 Å². The summed E-state index contributed by atoms with van der Waals surface area (Å²) >= 11 is 0. The van der Waals surface area contributed by atoms with Gasteiger partial charge in [0.05, 0.1) is 12.6 Å². The summed E-state index contributed by atoms with van der Waals surface area (Å²) in [5, 5.41) is 3.43. The summed E-state index contributed by atoms with van der Waals surface area (Å²) in [7, 11) is 0. The highest BCUT2D eigenvalue weighted by molar-refractivity contribution is 5.84. The number of carbonyl (C=O) groups excluding carboxylic acids is 1. The second-order valence-electron chi connectivity index (χ2n) is 2.69. The van der Waals surface area contributed by atoms with Crippen LogP contribution in [0.15, 0.2) is 4.52 Å². The normalized spacial score (nSPS) is 11.8. The molecule has 0 bridgehead atoms. The molecule has 0 spiro atoms. The predicted molar refractivity (Wildman–Crippen MR) is 50.6 cm³/mol. The highest BCUT2D eigenvalue weighted by atomic mass is 16.5. The minimum absolute atomic E-state index is 0.135. The molecule has 2 N–H and O–H groups in total. The van der Waals surface area contributed by atoms with Gasteiger partial charge in [-0.15, -0.1) is 12.3 Å². The number of terminal acetylenes is 1. The number of hydrogen-bond acceptors (Lipinski definition) is 6. The second kappa shape index (κ2) is 5.12. The SMILES string of the molecule is C#CCC(N)c1nc(C(=O)OCC)no1. The molecule has 1 atom stereocenters. The van der Waals surface area contributed by atoms with Crippen molar-refractivity contribution in [3.05, 3.63) is 11.7 Å². The van der Waals surface area contributed by atoms with E-state index in [1.165, 1.54) is 0 Å². The van der Waals surface area contributed by atoms with Gasteiger partial charge >= 0.3 is 5.97 Å². The fraction of sp³-hybridized carbons (Fsp3) is 0.444. The van der Waals surface area contributed by atoms with Gasteiger partial charge in [-0.3, -0.25) is 0 Å². The lowest BCUT2D eigenvalue weighted by Crippen LogP contribution is -2.11. The summed E-state index contributed by atoms with van der Waals surface area (Å²) in [5.41, 5.74) is 5.60. The molecule has 1 heterocycles. The number of nitrogens with zero attached hydrogens (tertiary/aromatic N) is 2. The van der Waals surface area contributed by atoms with Crippen molar-refractivity contribution in [1.82, 2.24) is 10.1 Å². The maximum absolute atomic E-state index is 11.2. The Balaban J connectivity index is 2.72. The lowest BCUT2D eigenvalue weighted by Gasteiger charge is -1.98. The fourth-order valence-electron chi connectivity index (χ4n) is 0.879. The summed E-state index contributed by atoms with van der Waals surface area (Å²) in [6.45, 7) is 1.93. The molecule has 15 heavy (non-hydrogen) atoms. The van der Waals surface area contributed by atoms with E-state index in [9.17, 15) is 4.79 Å². The molecule has 0 aromatic carbocycles. The van der Waals surface area contributed by atoms with Crippen LogP contribution in [-0.2, 0) is 4.74 Å². The molecule has 0 radical (unpaired) electrons.